The van der Waals surface area contributed by atoms with Crippen LogP contribution in [0.15, 0.2) is 47.4 Å². The van der Waals surface area contributed by atoms with E-state index in [9.17, 15) is 18.0 Å². The highest BCUT2D eigenvalue weighted by Crippen LogP contribution is 2.34. The summed E-state index contributed by atoms with van der Waals surface area (Å²) in [5, 5.41) is 2.68. The van der Waals surface area contributed by atoms with Gasteiger partial charge in [0.2, 0.25) is 0 Å². The number of amides is 1. The van der Waals surface area contributed by atoms with Crippen molar-refractivity contribution in [3.8, 4) is 0 Å². The SMILES string of the molecule is Cc1ccc(S(=O)(=O)N2CCCc3ccc(NC(=O)COC(=O)C(C)(C)C)cc32)cc1. The Labute approximate surface area is 183 Å². The van der Waals surface area contributed by atoms with Crippen LogP contribution in [-0.2, 0) is 30.8 Å². The molecule has 1 amide bonds. The van der Waals surface area contributed by atoms with Gasteiger partial charge in [-0.15, -0.1) is 0 Å². The maximum absolute atomic E-state index is 13.2. The monoisotopic (exact) mass is 444 g/mol. The van der Waals surface area contributed by atoms with Crippen molar-refractivity contribution < 1.29 is 22.7 Å². The fourth-order valence-corrected chi connectivity index (χ4v) is 4.78. The molecule has 0 spiro atoms. The zero-order valence-electron chi connectivity index (χ0n) is 18.3. The van der Waals surface area contributed by atoms with Crippen LogP contribution in [-0.4, -0.2) is 33.4 Å². The molecule has 2 aromatic carbocycles. The first-order valence-corrected chi connectivity index (χ1v) is 11.6. The first-order chi connectivity index (χ1) is 14.5. The predicted molar refractivity (Wildman–Crippen MR) is 120 cm³/mol. The molecule has 2 aromatic rings. The van der Waals surface area contributed by atoms with Crippen molar-refractivity contribution in [3.05, 3.63) is 53.6 Å². The van der Waals surface area contributed by atoms with Crippen molar-refractivity contribution in [1.29, 1.82) is 0 Å². The molecule has 0 saturated heterocycles. The van der Waals surface area contributed by atoms with Crippen molar-refractivity contribution in [2.45, 2.75) is 45.4 Å². The molecular formula is C23H28N2O5S. The maximum Gasteiger partial charge on any atom is 0.311 e. The highest BCUT2D eigenvalue weighted by molar-refractivity contribution is 7.92. The fourth-order valence-electron chi connectivity index (χ4n) is 3.25. The molecule has 0 fully saturated rings. The normalized spacial score (nSPS) is 14.0. The molecule has 3 rings (SSSR count). The number of nitrogens with one attached hydrogen (secondary N) is 1. The molecular weight excluding hydrogens is 416 g/mol. The summed E-state index contributed by atoms with van der Waals surface area (Å²) in [6.07, 6.45) is 1.47. The van der Waals surface area contributed by atoms with Crippen molar-refractivity contribution >= 4 is 33.3 Å². The van der Waals surface area contributed by atoms with E-state index in [1.54, 1.807) is 57.2 Å². The van der Waals surface area contributed by atoms with Gasteiger partial charge in [0.1, 0.15) is 0 Å². The molecule has 0 aromatic heterocycles. The molecule has 1 N–H and O–H groups in total. The Morgan fingerprint density at radius 3 is 2.42 bits per heavy atom. The third-order valence-corrected chi connectivity index (χ3v) is 6.83. The molecule has 1 heterocycles. The molecule has 0 bridgehead atoms. The molecule has 0 atom stereocenters. The fraction of sp³-hybridized carbons (Fsp3) is 0.391. The number of sulfonamides is 1. The van der Waals surface area contributed by atoms with Crippen molar-refractivity contribution in [1.82, 2.24) is 0 Å². The van der Waals surface area contributed by atoms with E-state index in [1.807, 2.05) is 13.0 Å². The Balaban J connectivity index is 1.80. The van der Waals surface area contributed by atoms with Crippen molar-refractivity contribution in [2.24, 2.45) is 5.41 Å². The summed E-state index contributed by atoms with van der Waals surface area (Å²) in [6.45, 7) is 6.99. The molecule has 0 unspecified atom stereocenters. The zero-order chi connectivity index (χ0) is 22.8. The van der Waals surface area contributed by atoms with Crippen LogP contribution in [0.4, 0.5) is 11.4 Å². The van der Waals surface area contributed by atoms with Gasteiger partial charge >= 0.3 is 5.97 Å². The quantitative estimate of drug-likeness (QED) is 0.711. The number of hydrogen-bond donors (Lipinski definition) is 1. The van der Waals surface area contributed by atoms with Gasteiger partial charge in [-0.2, -0.15) is 0 Å². The van der Waals surface area contributed by atoms with E-state index >= 15 is 0 Å². The Hall–Kier alpha value is -2.87. The number of esters is 1. The minimum Gasteiger partial charge on any atom is -0.455 e. The van der Waals surface area contributed by atoms with Gasteiger partial charge in [-0.3, -0.25) is 13.9 Å². The summed E-state index contributed by atoms with van der Waals surface area (Å²) in [4.78, 5) is 24.3. The lowest BCUT2D eigenvalue weighted by Crippen LogP contribution is -2.35. The molecule has 1 aliphatic rings. The standard InChI is InChI=1S/C23H28N2O5S/c1-16-7-11-19(12-8-16)31(28,29)25-13-5-6-17-9-10-18(14-20(17)25)24-21(26)15-30-22(27)23(2,3)4/h7-12,14H,5-6,13,15H2,1-4H3,(H,24,26). The number of rotatable bonds is 5. The van der Waals surface area contributed by atoms with E-state index in [0.717, 1.165) is 17.5 Å². The second kappa shape index (κ2) is 8.70. The number of carbonyl (C=O) groups is 2. The Bertz CT molecular complexity index is 1090. The summed E-state index contributed by atoms with van der Waals surface area (Å²) in [5.41, 5.74) is 2.18. The lowest BCUT2D eigenvalue weighted by atomic mass is 9.97. The van der Waals surface area contributed by atoms with Crippen LogP contribution in [0.25, 0.3) is 0 Å². The number of nitrogens with zero attached hydrogens (tertiary/aromatic N) is 1. The first kappa shape index (κ1) is 22.8. The second-order valence-corrected chi connectivity index (χ2v) is 10.6. The molecule has 0 aliphatic carbocycles. The summed E-state index contributed by atoms with van der Waals surface area (Å²) in [7, 11) is -3.72. The van der Waals surface area contributed by atoms with Crippen LogP contribution in [0.3, 0.4) is 0 Å². The lowest BCUT2D eigenvalue weighted by Gasteiger charge is -2.31. The summed E-state index contributed by atoms with van der Waals surface area (Å²) < 4.78 is 32.9. The van der Waals surface area contributed by atoms with E-state index < -0.39 is 33.9 Å². The number of ether oxygens (including phenoxy) is 1. The Kier molecular flexibility index (Phi) is 6.40. The van der Waals surface area contributed by atoms with Gasteiger partial charge in [0.15, 0.2) is 6.61 Å². The van der Waals surface area contributed by atoms with E-state index in [0.29, 0.717) is 24.3 Å². The van der Waals surface area contributed by atoms with Gasteiger partial charge in [-0.1, -0.05) is 23.8 Å². The minimum atomic E-state index is -3.72. The first-order valence-electron chi connectivity index (χ1n) is 10.2. The average Bonchev–Trinajstić information content (AvgIpc) is 2.71. The number of aryl methyl sites for hydroxylation is 2. The molecule has 1 aliphatic heterocycles. The van der Waals surface area contributed by atoms with Crippen LogP contribution < -0.4 is 9.62 Å². The van der Waals surface area contributed by atoms with Gasteiger partial charge in [0.25, 0.3) is 15.9 Å². The molecule has 7 nitrogen and oxygen atoms in total. The Morgan fingerprint density at radius 2 is 1.77 bits per heavy atom. The number of anilines is 2. The third-order valence-electron chi connectivity index (χ3n) is 5.00. The smallest absolute Gasteiger partial charge is 0.311 e. The van der Waals surface area contributed by atoms with E-state index in [2.05, 4.69) is 5.32 Å². The number of hydrogen-bond acceptors (Lipinski definition) is 5. The van der Waals surface area contributed by atoms with Gasteiger partial charge in [0.05, 0.1) is 16.0 Å². The van der Waals surface area contributed by atoms with Crippen LogP contribution in [0, 0.1) is 12.3 Å². The topological polar surface area (TPSA) is 92.8 Å². The van der Waals surface area contributed by atoms with Crippen LogP contribution in [0.1, 0.15) is 38.3 Å². The molecule has 0 saturated carbocycles. The molecule has 166 valence electrons. The lowest BCUT2D eigenvalue weighted by molar-refractivity contribution is -0.155. The van der Waals surface area contributed by atoms with E-state index in [1.165, 1.54) is 4.31 Å². The zero-order valence-corrected chi connectivity index (χ0v) is 19.1. The maximum atomic E-state index is 13.2. The summed E-state index contributed by atoms with van der Waals surface area (Å²) in [5.74, 6) is -0.954. The molecule has 8 heteroatoms. The Morgan fingerprint density at radius 1 is 1.10 bits per heavy atom. The van der Waals surface area contributed by atoms with Gasteiger partial charge in [0, 0.05) is 12.2 Å². The number of fused-ring (bicyclic) bond motifs is 1. The summed E-state index contributed by atoms with van der Waals surface area (Å²) in [6, 6.07) is 12.0. The average molecular weight is 445 g/mol. The second-order valence-electron chi connectivity index (χ2n) is 8.71. The predicted octanol–water partition coefficient (Wildman–Crippen LogP) is 3.66. The minimum absolute atomic E-state index is 0.231. The molecule has 31 heavy (non-hydrogen) atoms. The number of carbonyl (C=O) groups excluding carboxylic acids is 2. The third kappa shape index (κ3) is 5.25. The van der Waals surface area contributed by atoms with Crippen LogP contribution in [0.2, 0.25) is 0 Å². The highest BCUT2D eigenvalue weighted by atomic mass is 32.2. The van der Waals surface area contributed by atoms with E-state index in [4.69, 9.17) is 4.74 Å². The molecule has 0 radical (unpaired) electrons. The van der Waals surface area contributed by atoms with Gasteiger partial charge in [-0.25, -0.2) is 8.42 Å². The van der Waals surface area contributed by atoms with Gasteiger partial charge < -0.3 is 10.1 Å². The van der Waals surface area contributed by atoms with Crippen LogP contribution >= 0.6 is 0 Å². The van der Waals surface area contributed by atoms with Crippen LogP contribution in [0.5, 0.6) is 0 Å². The summed E-state index contributed by atoms with van der Waals surface area (Å²) >= 11 is 0. The van der Waals surface area contributed by atoms with Crippen molar-refractivity contribution in [3.63, 3.8) is 0 Å². The number of benzene rings is 2. The highest BCUT2D eigenvalue weighted by Gasteiger charge is 2.29. The van der Waals surface area contributed by atoms with Gasteiger partial charge in [-0.05, 0) is 70.4 Å². The van der Waals surface area contributed by atoms with Crippen molar-refractivity contribution in [2.75, 3.05) is 22.8 Å². The largest absolute Gasteiger partial charge is 0.455 e. The van der Waals surface area contributed by atoms with E-state index in [-0.39, 0.29) is 4.90 Å².